The zero-order valence-electron chi connectivity index (χ0n) is 7.34. The molecular formula is C10H9BrF2O. The van der Waals surface area contributed by atoms with E-state index in [4.69, 9.17) is 0 Å². The minimum atomic E-state index is -2.97. The van der Waals surface area contributed by atoms with Gasteiger partial charge in [-0.05, 0) is 0 Å². The second-order valence-electron chi connectivity index (χ2n) is 2.96. The summed E-state index contributed by atoms with van der Waals surface area (Å²) in [6, 6.07) is 8.11. The second-order valence-corrected chi connectivity index (χ2v) is 3.52. The van der Waals surface area contributed by atoms with Gasteiger partial charge in [0.2, 0.25) is 0 Å². The number of ketones is 1. The van der Waals surface area contributed by atoms with E-state index in [2.05, 4.69) is 15.9 Å². The number of carbonyl (C=O) groups is 1. The van der Waals surface area contributed by atoms with Crippen LogP contribution >= 0.6 is 15.9 Å². The van der Waals surface area contributed by atoms with Crippen molar-refractivity contribution in [3.8, 4) is 0 Å². The average molecular weight is 263 g/mol. The lowest BCUT2D eigenvalue weighted by Gasteiger charge is -2.11. The van der Waals surface area contributed by atoms with Crippen LogP contribution in [0, 0.1) is 0 Å². The van der Waals surface area contributed by atoms with Gasteiger partial charge in [0.05, 0.1) is 11.8 Å². The van der Waals surface area contributed by atoms with Crippen LogP contribution in [0.15, 0.2) is 30.3 Å². The normalized spacial score (nSPS) is 11.4. The van der Waals surface area contributed by atoms with Crippen molar-refractivity contribution in [2.45, 2.75) is 12.3 Å². The summed E-state index contributed by atoms with van der Waals surface area (Å²) < 4.78 is 25.6. The van der Waals surface area contributed by atoms with E-state index in [1.807, 2.05) is 0 Å². The molecule has 1 aromatic rings. The van der Waals surface area contributed by atoms with Crippen molar-refractivity contribution in [1.29, 1.82) is 0 Å². The van der Waals surface area contributed by atoms with Gasteiger partial charge >= 0.3 is 0 Å². The first-order chi connectivity index (χ1) is 6.55. The molecule has 0 radical (unpaired) electrons. The molecular weight excluding hydrogens is 254 g/mol. The van der Waals surface area contributed by atoms with E-state index in [0.29, 0.717) is 5.56 Å². The molecule has 0 heterocycles. The van der Waals surface area contributed by atoms with E-state index in [-0.39, 0.29) is 0 Å². The number of rotatable bonds is 4. The van der Waals surface area contributed by atoms with E-state index in [1.54, 1.807) is 18.2 Å². The number of alkyl halides is 3. The number of Topliss-reactive ketones (excluding diaryl/α,β-unsaturated/α-hetero) is 1. The van der Waals surface area contributed by atoms with Gasteiger partial charge in [0.1, 0.15) is 0 Å². The largest absolute Gasteiger partial charge is 0.294 e. The van der Waals surface area contributed by atoms with Gasteiger partial charge in [0.25, 0.3) is 5.92 Å². The first kappa shape index (κ1) is 11.3. The van der Waals surface area contributed by atoms with Gasteiger partial charge in [-0.25, -0.2) is 8.78 Å². The molecule has 0 spiro atoms. The summed E-state index contributed by atoms with van der Waals surface area (Å²) >= 11 is 2.67. The van der Waals surface area contributed by atoms with Crippen molar-refractivity contribution in [3.63, 3.8) is 0 Å². The van der Waals surface area contributed by atoms with Gasteiger partial charge in [-0.3, -0.25) is 4.79 Å². The molecule has 0 fully saturated rings. The van der Waals surface area contributed by atoms with E-state index >= 15 is 0 Å². The Morgan fingerprint density at radius 3 is 2.36 bits per heavy atom. The fourth-order valence-corrected chi connectivity index (χ4v) is 1.21. The van der Waals surface area contributed by atoms with Crippen molar-refractivity contribution in [2.24, 2.45) is 0 Å². The molecule has 4 heteroatoms. The molecule has 1 aromatic carbocycles. The molecule has 76 valence electrons. The van der Waals surface area contributed by atoms with Gasteiger partial charge < -0.3 is 0 Å². The second kappa shape index (κ2) is 4.64. The molecule has 1 nitrogen and oxygen atoms in total. The fourth-order valence-electron chi connectivity index (χ4n) is 1.01. The number of carbonyl (C=O) groups excluding carboxylic acids is 1. The third-order valence-electron chi connectivity index (χ3n) is 1.71. The van der Waals surface area contributed by atoms with Gasteiger partial charge in [0.15, 0.2) is 5.78 Å². The van der Waals surface area contributed by atoms with Crippen LogP contribution in [0.3, 0.4) is 0 Å². The van der Waals surface area contributed by atoms with Crippen LogP contribution in [0.25, 0.3) is 0 Å². The molecule has 0 unspecified atom stereocenters. The minimum Gasteiger partial charge on any atom is -0.294 e. The van der Waals surface area contributed by atoms with E-state index < -0.39 is 23.5 Å². The van der Waals surface area contributed by atoms with Crippen LogP contribution in [0.5, 0.6) is 0 Å². The van der Waals surface area contributed by atoms with Crippen molar-refractivity contribution in [2.75, 3.05) is 5.33 Å². The molecule has 14 heavy (non-hydrogen) atoms. The summed E-state index contributed by atoms with van der Waals surface area (Å²) in [5.41, 5.74) is 0.327. The van der Waals surface area contributed by atoms with Crippen LogP contribution in [-0.2, 0) is 0 Å². The van der Waals surface area contributed by atoms with Gasteiger partial charge in [-0.1, -0.05) is 46.3 Å². The zero-order chi connectivity index (χ0) is 10.6. The molecule has 0 saturated carbocycles. The van der Waals surface area contributed by atoms with Crippen molar-refractivity contribution < 1.29 is 13.6 Å². The summed E-state index contributed by atoms with van der Waals surface area (Å²) in [5, 5.41) is -0.488. The topological polar surface area (TPSA) is 17.1 Å². The van der Waals surface area contributed by atoms with Crippen LogP contribution in [-0.4, -0.2) is 17.0 Å². The molecule has 0 aromatic heterocycles. The highest BCUT2D eigenvalue weighted by Gasteiger charge is 2.30. The number of hydrogen-bond acceptors (Lipinski definition) is 1. The van der Waals surface area contributed by atoms with Crippen molar-refractivity contribution in [1.82, 2.24) is 0 Å². The lowest BCUT2D eigenvalue weighted by molar-refractivity contribution is 0.0212. The first-order valence-corrected chi connectivity index (χ1v) is 5.19. The van der Waals surface area contributed by atoms with Crippen molar-refractivity contribution >= 4 is 21.7 Å². The number of halogens is 3. The third-order valence-corrected chi connectivity index (χ3v) is 2.53. The quantitative estimate of drug-likeness (QED) is 0.601. The van der Waals surface area contributed by atoms with Gasteiger partial charge in [0, 0.05) is 5.56 Å². The maximum Gasteiger partial charge on any atom is 0.264 e. The third kappa shape index (κ3) is 3.18. The predicted octanol–water partition coefficient (Wildman–Crippen LogP) is 3.29. The molecule has 0 N–H and O–H groups in total. The molecule has 0 aliphatic carbocycles. The SMILES string of the molecule is O=C(CC(F)(F)CBr)c1ccccc1. The highest BCUT2D eigenvalue weighted by Crippen LogP contribution is 2.23. The number of hydrogen-bond donors (Lipinski definition) is 0. The molecule has 0 saturated heterocycles. The standard InChI is InChI=1S/C10H9BrF2O/c11-7-10(12,13)6-9(14)8-4-2-1-3-5-8/h1-5H,6-7H2. The summed E-state index contributed by atoms with van der Waals surface area (Å²) in [6.07, 6.45) is -0.748. The Balaban J connectivity index is 2.69. The van der Waals surface area contributed by atoms with E-state index in [9.17, 15) is 13.6 Å². The predicted molar refractivity (Wildman–Crippen MR) is 54.1 cm³/mol. The summed E-state index contributed by atoms with van der Waals surface area (Å²) in [5.74, 6) is -3.50. The van der Waals surface area contributed by atoms with Crippen LogP contribution in [0.1, 0.15) is 16.8 Å². The first-order valence-electron chi connectivity index (χ1n) is 4.07. The summed E-state index contributed by atoms with van der Waals surface area (Å²) in [7, 11) is 0. The Kier molecular flexibility index (Phi) is 3.75. The van der Waals surface area contributed by atoms with Crippen LogP contribution in [0.4, 0.5) is 8.78 Å². The van der Waals surface area contributed by atoms with E-state index in [0.717, 1.165) is 0 Å². The van der Waals surface area contributed by atoms with Crippen LogP contribution in [0.2, 0.25) is 0 Å². The minimum absolute atomic E-state index is 0.327. The summed E-state index contributed by atoms with van der Waals surface area (Å²) in [4.78, 5) is 11.3. The summed E-state index contributed by atoms with van der Waals surface area (Å²) in [6.45, 7) is 0. The van der Waals surface area contributed by atoms with E-state index in [1.165, 1.54) is 12.1 Å². The maximum atomic E-state index is 12.8. The van der Waals surface area contributed by atoms with Gasteiger partial charge in [-0.2, -0.15) is 0 Å². The average Bonchev–Trinajstić information content (AvgIpc) is 2.19. The zero-order valence-corrected chi connectivity index (χ0v) is 8.93. The maximum absolute atomic E-state index is 12.8. The van der Waals surface area contributed by atoms with Crippen LogP contribution < -0.4 is 0 Å². The lowest BCUT2D eigenvalue weighted by atomic mass is 10.1. The lowest BCUT2D eigenvalue weighted by Crippen LogP contribution is -2.22. The Morgan fingerprint density at radius 1 is 1.29 bits per heavy atom. The smallest absolute Gasteiger partial charge is 0.264 e. The molecule has 0 aliphatic rings. The molecule has 1 rings (SSSR count). The number of benzene rings is 1. The van der Waals surface area contributed by atoms with Gasteiger partial charge in [-0.15, -0.1) is 0 Å². The monoisotopic (exact) mass is 262 g/mol. The molecule has 0 aliphatic heterocycles. The Morgan fingerprint density at radius 2 is 1.86 bits per heavy atom. The Labute approximate surface area is 89.3 Å². The molecule has 0 atom stereocenters. The highest BCUT2D eigenvalue weighted by atomic mass is 79.9. The molecule has 0 amide bonds. The Hall–Kier alpha value is -0.770. The Bertz CT molecular complexity index is 311. The van der Waals surface area contributed by atoms with Crippen molar-refractivity contribution in [3.05, 3.63) is 35.9 Å². The highest BCUT2D eigenvalue weighted by molar-refractivity contribution is 9.09. The molecule has 0 bridgehead atoms. The fraction of sp³-hybridized carbons (Fsp3) is 0.300.